The van der Waals surface area contributed by atoms with Gasteiger partial charge in [0.05, 0.1) is 22.9 Å². The zero-order valence-electron chi connectivity index (χ0n) is 15.9. The number of nitrogens with one attached hydrogen (secondary N) is 1. The summed E-state index contributed by atoms with van der Waals surface area (Å²) in [5.74, 6) is 1.37. The third kappa shape index (κ3) is 5.89. The summed E-state index contributed by atoms with van der Waals surface area (Å²) in [4.78, 5) is 12.1. The second-order valence-electron chi connectivity index (χ2n) is 6.10. The Morgan fingerprint density at radius 3 is 2.97 bits per heavy atom. The summed E-state index contributed by atoms with van der Waals surface area (Å²) in [7, 11) is 1.86. The standard InChI is InChI=1S/C19H17Cl2N5O2S2/c1-26-16(3-2-7-28-15-5-4-13(20)9-14(15)21)24-25-19(26)30-11-17(27)23-18-12(10-22)6-8-29-18/h4-6,8-9H,2-3,7,11H2,1H3,(H,23,27). The van der Waals surface area contributed by atoms with Gasteiger partial charge in [-0.3, -0.25) is 4.79 Å². The number of hydrogen-bond donors (Lipinski definition) is 1. The van der Waals surface area contributed by atoms with Gasteiger partial charge in [0.15, 0.2) is 5.16 Å². The molecule has 0 saturated carbocycles. The average molecular weight is 482 g/mol. The van der Waals surface area contributed by atoms with Crippen LogP contribution in [0.4, 0.5) is 5.00 Å². The quantitative estimate of drug-likeness (QED) is 0.348. The Labute approximate surface area is 192 Å². The lowest BCUT2D eigenvalue weighted by atomic mass is 10.3. The van der Waals surface area contributed by atoms with Crippen molar-refractivity contribution < 1.29 is 9.53 Å². The molecule has 0 saturated heterocycles. The van der Waals surface area contributed by atoms with Crippen LogP contribution < -0.4 is 10.1 Å². The number of anilines is 1. The van der Waals surface area contributed by atoms with E-state index in [1.165, 1.54) is 23.1 Å². The van der Waals surface area contributed by atoms with Gasteiger partial charge in [-0.2, -0.15) is 5.26 Å². The van der Waals surface area contributed by atoms with Gasteiger partial charge in [0, 0.05) is 18.5 Å². The number of hydrogen-bond acceptors (Lipinski definition) is 7. The first-order valence-electron chi connectivity index (χ1n) is 8.84. The lowest BCUT2D eigenvalue weighted by Gasteiger charge is -2.08. The largest absolute Gasteiger partial charge is 0.492 e. The fourth-order valence-electron chi connectivity index (χ4n) is 2.48. The van der Waals surface area contributed by atoms with E-state index in [2.05, 4.69) is 15.5 Å². The highest BCUT2D eigenvalue weighted by atomic mass is 35.5. The molecule has 0 atom stereocenters. The number of aryl methyl sites for hydroxylation is 1. The summed E-state index contributed by atoms with van der Waals surface area (Å²) < 4.78 is 7.54. The fraction of sp³-hybridized carbons (Fsp3) is 0.263. The van der Waals surface area contributed by atoms with E-state index >= 15 is 0 Å². The van der Waals surface area contributed by atoms with Crippen LogP contribution in [0.25, 0.3) is 0 Å². The van der Waals surface area contributed by atoms with Crippen LogP contribution in [0.3, 0.4) is 0 Å². The van der Waals surface area contributed by atoms with Crippen LogP contribution >= 0.6 is 46.3 Å². The summed E-state index contributed by atoms with van der Waals surface area (Å²) in [6.45, 7) is 0.473. The smallest absolute Gasteiger partial charge is 0.235 e. The summed E-state index contributed by atoms with van der Waals surface area (Å²) in [5, 5.41) is 24.1. The Hall–Kier alpha value is -2.25. The van der Waals surface area contributed by atoms with E-state index < -0.39 is 0 Å². The van der Waals surface area contributed by atoms with E-state index in [-0.39, 0.29) is 11.7 Å². The normalized spacial score (nSPS) is 10.6. The molecular weight excluding hydrogens is 465 g/mol. The zero-order chi connectivity index (χ0) is 21.5. The maximum absolute atomic E-state index is 12.1. The van der Waals surface area contributed by atoms with E-state index in [0.29, 0.717) is 44.5 Å². The number of rotatable bonds is 9. The van der Waals surface area contributed by atoms with Gasteiger partial charge >= 0.3 is 0 Å². The molecule has 0 spiro atoms. The molecule has 0 aliphatic carbocycles. The summed E-state index contributed by atoms with van der Waals surface area (Å²) >= 11 is 14.6. The Kier molecular flexibility index (Phi) is 7.99. The number of thioether (sulfide) groups is 1. The second-order valence-corrected chi connectivity index (χ2v) is 8.80. The minimum atomic E-state index is -0.197. The maximum Gasteiger partial charge on any atom is 0.235 e. The van der Waals surface area contributed by atoms with Gasteiger partial charge in [0.25, 0.3) is 0 Å². The number of amides is 1. The van der Waals surface area contributed by atoms with Crippen LogP contribution in [-0.4, -0.2) is 33.0 Å². The van der Waals surface area contributed by atoms with Gasteiger partial charge in [-0.05, 0) is 36.1 Å². The first-order valence-corrected chi connectivity index (χ1v) is 11.5. The number of nitriles is 1. The Morgan fingerprint density at radius 1 is 1.37 bits per heavy atom. The Bertz CT molecular complexity index is 1080. The molecule has 0 radical (unpaired) electrons. The SMILES string of the molecule is Cn1c(CCCOc2ccc(Cl)cc2Cl)nnc1SCC(=O)Nc1sccc1C#N. The van der Waals surface area contributed by atoms with Gasteiger partial charge in [-0.15, -0.1) is 21.5 Å². The van der Waals surface area contributed by atoms with Gasteiger partial charge in [-0.1, -0.05) is 35.0 Å². The van der Waals surface area contributed by atoms with Crippen LogP contribution in [0.5, 0.6) is 5.75 Å². The van der Waals surface area contributed by atoms with Crippen molar-refractivity contribution in [3.63, 3.8) is 0 Å². The second kappa shape index (κ2) is 10.7. The predicted molar refractivity (Wildman–Crippen MR) is 120 cm³/mol. The number of carbonyl (C=O) groups excluding carboxylic acids is 1. The first kappa shape index (κ1) is 22.4. The van der Waals surface area contributed by atoms with Crippen molar-refractivity contribution in [2.45, 2.75) is 18.0 Å². The van der Waals surface area contributed by atoms with Gasteiger partial charge in [0.2, 0.25) is 5.91 Å². The number of nitrogens with zero attached hydrogens (tertiary/aromatic N) is 4. The third-order valence-electron chi connectivity index (χ3n) is 3.99. The number of halogens is 2. The molecular formula is C19H17Cl2N5O2S2. The van der Waals surface area contributed by atoms with E-state index in [1.54, 1.807) is 29.6 Å². The minimum Gasteiger partial charge on any atom is -0.492 e. The highest BCUT2D eigenvalue weighted by molar-refractivity contribution is 7.99. The fourth-order valence-corrected chi connectivity index (χ4v) is 4.43. The molecule has 0 bridgehead atoms. The molecule has 0 aliphatic heterocycles. The van der Waals surface area contributed by atoms with Crippen molar-refractivity contribution in [3.05, 3.63) is 51.1 Å². The van der Waals surface area contributed by atoms with Gasteiger partial charge in [-0.25, -0.2) is 0 Å². The van der Waals surface area contributed by atoms with Crippen molar-refractivity contribution in [2.24, 2.45) is 7.05 Å². The van der Waals surface area contributed by atoms with E-state index in [9.17, 15) is 4.79 Å². The molecule has 30 heavy (non-hydrogen) atoms. The van der Waals surface area contributed by atoms with Crippen molar-refractivity contribution in [1.29, 1.82) is 5.26 Å². The van der Waals surface area contributed by atoms with Crippen molar-refractivity contribution in [1.82, 2.24) is 14.8 Å². The molecule has 2 aromatic heterocycles. The van der Waals surface area contributed by atoms with Crippen LogP contribution in [0, 0.1) is 11.3 Å². The van der Waals surface area contributed by atoms with E-state index in [0.717, 1.165) is 12.2 Å². The third-order valence-corrected chi connectivity index (χ3v) is 6.37. The van der Waals surface area contributed by atoms with Gasteiger partial charge < -0.3 is 14.6 Å². The van der Waals surface area contributed by atoms with Crippen molar-refractivity contribution >= 4 is 57.2 Å². The maximum atomic E-state index is 12.1. The van der Waals surface area contributed by atoms with Crippen LogP contribution in [0.1, 0.15) is 17.8 Å². The monoisotopic (exact) mass is 481 g/mol. The zero-order valence-corrected chi connectivity index (χ0v) is 19.0. The molecule has 7 nitrogen and oxygen atoms in total. The number of benzene rings is 1. The molecule has 3 aromatic rings. The minimum absolute atomic E-state index is 0.174. The van der Waals surface area contributed by atoms with E-state index in [4.69, 9.17) is 33.2 Å². The lowest BCUT2D eigenvalue weighted by molar-refractivity contribution is -0.113. The van der Waals surface area contributed by atoms with Crippen LogP contribution in [0.15, 0.2) is 34.8 Å². The Morgan fingerprint density at radius 2 is 2.20 bits per heavy atom. The van der Waals surface area contributed by atoms with E-state index in [1.807, 2.05) is 17.7 Å². The molecule has 1 aromatic carbocycles. The number of carbonyl (C=O) groups is 1. The molecule has 3 rings (SSSR count). The van der Waals surface area contributed by atoms with Crippen molar-refractivity contribution in [3.8, 4) is 11.8 Å². The average Bonchev–Trinajstić information content (AvgIpc) is 3.31. The molecule has 11 heteroatoms. The Balaban J connectivity index is 1.45. The molecule has 156 valence electrons. The molecule has 1 amide bonds. The highest BCUT2D eigenvalue weighted by Crippen LogP contribution is 2.27. The number of aromatic nitrogens is 3. The predicted octanol–water partition coefficient (Wildman–Crippen LogP) is 4.80. The molecule has 0 aliphatic rings. The number of ether oxygens (including phenoxy) is 1. The summed E-state index contributed by atoms with van der Waals surface area (Å²) in [5.41, 5.74) is 0.460. The number of thiophene rings is 1. The van der Waals surface area contributed by atoms with Crippen LogP contribution in [-0.2, 0) is 18.3 Å². The van der Waals surface area contributed by atoms with Crippen LogP contribution in [0.2, 0.25) is 10.0 Å². The molecule has 2 heterocycles. The lowest BCUT2D eigenvalue weighted by Crippen LogP contribution is -2.14. The van der Waals surface area contributed by atoms with Crippen molar-refractivity contribution in [2.75, 3.05) is 17.7 Å². The topological polar surface area (TPSA) is 92.8 Å². The first-order chi connectivity index (χ1) is 14.5. The molecule has 0 unspecified atom stereocenters. The molecule has 1 N–H and O–H groups in total. The molecule has 0 fully saturated rings. The summed E-state index contributed by atoms with van der Waals surface area (Å²) in [6.07, 6.45) is 1.40. The summed E-state index contributed by atoms with van der Waals surface area (Å²) in [6, 6.07) is 8.82. The van der Waals surface area contributed by atoms with Gasteiger partial charge in [0.1, 0.15) is 22.6 Å². The highest BCUT2D eigenvalue weighted by Gasteiger charge is 2.13.